The lowest BCUT2D eigenvalue weighted by molar-refractivity contribution is -0.152. The molecule has 36 heavy (non-hydrogen) atoms. The van der Waals surface area contributed by atoms with Gasteiger partial charge in [-0.3, -0.25) is 14.4 Å². The third-order valence-electron chi connectivity index (χ3n) is 6.34. The fourth-order valence-electron chi connectivity index (χ4n) is 4.19. The van der Waals surface area contributed by atoms with E-state index in [0.29, 0.717) is 12.8 Å². The van der Waals surface area contributed by atoms with Crippen molar-refractivity contribution in [3.63, 3.8) is 0 Å². The summed E-state index contributed by atoms with van der Waals surface area (Å²) < 4.78 is 5.60. The van der Waals surface area contributed by atoms with Crippen molar-refractivity contribution >= 4 is 23.8 Å². The molecule has 0 aliphatic carbocycles. The summed E-state index contributed by atoms with van der Waals surface area (Å²) in [6.45, 7) is 4.38. The predicted octanol–water partition coefficient (Wildman–Crippen LogP) is 6.39. The normalized spacial score (nSPS) is 12.6. The molecule has 0 rings (SSSR count). The van der Waals surface area contributed by atoms with Crippen LogP contribution in [0.4, 0.5) is 0 Å². The van der Waals surface area contributed by atoms with E-state index in [4.69, 9.17) is 14.9 Å². The number of nitrogens with one attached hydrogen (secondary N) is 1. The lowest BCUT2D eigenvalue weighted by Crippen LogP contribution is -2.43. The zero-order chi connectivity index (χ0) is 27.0. The lowest BCUT2D eigenvalue weighted by Gasteiger charge is -2.19. The van der Waals surface area contributed by atoms with Gasteiger partial charge in [-0.05, 0) is 19.3 Å². The Morgan fingerprint density at radius 1 is 0.667 bits per heavy atom. The summed E-state index contributed by atoms with van der Waals surface area (Å²) in [6.07, 6.45) is 17.3. The number of unbranched alkanes of at least 4 members (excludes halogenated alkanes) is 14. The summed E-state index contributed by atoms with van der Waals surface area (Å²) >= 11 is 0. The van der Waals surface area contributed by atoms with E-state index >= 15 is 0 Å². The van der Waals surface area contributed by atoms with Gasteiger partial charge in [-0.1, -0.05) is 104 Å². The van der Waals surface area contributed by atoms with Gasteiger partial charge in [0.2, 0.25) is 5.91 Å². The van der Waals surface area contributed by atoms with Gasteiger partial charge in [0.15, 0.2) is 0 Å². The molecule has 0 fully saturated rings. The summed E-state index contributed by atoms with van der Waals surface area (Å²) in [5, 5.41) is 20.3. The van der Waals surface area contributed by atoms with E-state index in [9.17, 15) is 19.2 Å². The molecule has 0 aromatic carbocycles. The van der Waals surface area contributed by atoms with Crippen LogP contribution in [0.2, 0.25) is 0 Å². The second-order valence-electron chi connectivity index (χ2n) is 9.86. The molecule has 0 bridgehead atoms. The van der Waals surface area contributed by atoms with Crippen LogP contribution in [0.3, 0.4) is 0 Å². The second kappa shape index (κ2) is 23.3. The highest BCUT2D eigenvalue weighted by atomic mass is 16.5. The largest absolute Gasteiger partial charge is 0.481 e. The van der Waals surface area contributed by atoms with Crippen molar-refractivity contribution < 1.29 is 34.1 Å². The molecule has 1 amide bonds. The molecule has 210 valence electrons. The van der Waals surface area contributed by atoms with E-state index in [0.717, 1.165) is 38.5 Å². The minimum atomic E-state index is -1.51. The molecule has 0 aromatic heterocycles. The Bertz CT molecular complexity index is 609. The van der Waals surface area contributed by atoms with Crippen LogP contribution in [0, 0.1) is 0 Å². The van der Waals surface area contributed by atoms with Crippen LogP contribution < -0.4 is 5.32 Å². The number of rotatable bonds is 25. The highest BCUT2D eigenvalue weighted by Gasteiger charge is 2.25. The average molecular weight is 514 g/mol. The summed E-state index contributed by atoms with van der Waals surface area (Å²) in [7, 11) is 0. The van der Waals surface area contributed by atoms with Gasteiger partial charge in [-0.2, -0.15) is 0 Å². The van der Waals surface area contributed by atoms with Gasteiger partial charge >= 0.3 is 17.9 Å². The summed E-state index contributed by atoms with van der Waals surface area (Å²) in [5.41, 5.74) is 0. The third kappa shape index (κ3) is 21.2. The molecule has 0 saturated carbocycles. The molecule has 8 heteroatoms. The smallest absolute Gasteiger partial charge is 0.326 e. The van der Waals surface area contributed by atoms with E-state index in [-0.39, 0.29) is 12.4 Å². The summed E-state index contributed by atoms with van der Waals surface area (Å²) in [4.78, 5) is 46.9. The number of hydrogen-bond donors (Lipinski definition) is 3. The molecule has 3 N–H and O–H groups in total. The maximum absolute atomic E-state index is 12.4. The first-order valence-electron chi connectivity index (χ1n) is 14.2. The quantitative estimate of drug-likeness (QED) is 0.0951. The van der Waals surface area contributed by atoms with Crippen molar-refractivity contribution in [2.45, 2.75) is 154 Å². The molecule has 8 nitrogen and oxygen atoms in total. The molecule has 0 radical (unpaired) electrons. The number of esters is 1. The number of carbonyl (C=O) groups excluding carboxylic acids is 2. The average Bonchev–Trinajstić information content (AvgIpc) is 2.81. The molecule has 0 unspecified atom stereocenters. The monoisotopic (exact) mass is 513 g/mol. The first kappa shape index (κ1) is 33.9. The number of ether oxygens (including phenoxy) is 1. The van der Waals surface area contributed by atoms with Crippen molar-refractivity contribution in [1.82, 2.24) is 5.32 Å². The zero-order valence-corrected chi connectivity index (χ0v) is 22.7. The fraction of sp³-hybridized carbons (Fsp3) is 0.857. The third-order valence-corrected chi connectivity index (χ3v) is 6.34. The van der Waals surface area contributed by atoms with E-state index < -0.39 is 36.4 Å². The number of carboxylic acids is 2. The van der Waals surface area contributed by atoms with Crippen LogP contribution in [-0.4, -0.2) is 46.2 Å². The standard InChI is InChI=1S/C28H51NO7/c1-3-5-7-9-11-12-14-15-17-19-23(21-25(30)29-24(28(34)35)22-26(31)32)36-27(33)20-18-16-13-10-8-6-4-2/h23-24H,3-22H2,1-2H3,(H,29,30)(H,31,32)(H,34,35)/t23-,24-/m1/s1. The Hall–Kier alpha value is -2.12. The van der Waals surface area contributed by atoms with Gasteiger partial charge < -0.3 is 20.3 Å². The Morgan fingerprint density at radius 3 is 1.61 bits per heavy atom. The number of hydrogen-bond acceptors (Lipinski definition) is 5. The van der Waals surface area contributed by atoms with Gasteiger partial charge in [0, 0.05) is 6.42 Å². The Labute approximate surface area is 217 Å². The molecule has 0 aliphatic rings. The molecule has 0 spiro atoms. The summed E-state index contributed by atoms with van der Waals surface area (Å²) in [5.74, 6) is -3.67. The topological polar surface area (TPSA) is 130 Å². The van der Waals surface area contributed by atoms with Crippen LogP contribution in [0.25, 0.3) is 0 Å². The van der Waals surface area contributed by atoms with Gasteiger partial charge in [0.1, 0.15) is 12.1 Å². The molecule has 0 heterocycles. The van der Waals surface area contributed by atoms with E-state index in [1.54, 1.807) is 0 Å². The van der Waals surface area contributed by atoms with Crippen LogP contribution in [0.1, 0.15) is 142 Å². The highest BCUT2D eigenvalue weighted by Crippen LogP contribution is 2.16. The van der Waals surface area contributed by atoms with Gasteiger partial charge in [0.25, 0.3) is 0 Å². The maximum atomic E-state index is 12.4. The lowest BCUT2D eigenvalue weighted by atomic mass is 10.0. The van der Waals surface area contributed by atoms with E-state index in [1.165, 1.54) is 64.2 Å². The van der Waals surface area contributed by atoms with Crippen molar-refractivity contribution in [3.8, 4) is 0 Å². The van der Waals surface area contributed by atoms with Crippen LogP contribution >= 0.6 is 0 Å². The molecular weight excluding hydrogens is 462 g/mol. The molecule has 0 saturated heterocycles. The first-order valence-corrected chi connectivity index (χ1v) is 14.2. The maximum Gasteiger partial charge on any atom is 0.326 e. The van der Waals surface area contributed by atoms with Gasteiger partial charge in [-0.25, -0.2) is 4.79 Å². The Kier molecular flexibility index (Phi) is 21.9. The summed E-state index contributed by atoms with van der Waals surface area (Å²) in [6, 6.07) is -1.51. The fourth-order valence-corrected chi connectivity index (χ4v) is 4.19. The highest BCUT2D eigenvalue weighted by molar-refractivity contribution is 5.87. The second-order valence-corrected chi connectivity index (χ2v) is 9.86. The SMILES string of the molecule is CCCCCCCCCCC[C@H](CC(=O)N[C@H](CC(=O)O)C(=O)O)OC(=O)CCCCCCCCC. The van der Waals surface area contributed by atoms with Crippen molar-refractivity contribution in [2.75, 3.05) is 0 Å². The minimum absolute atomic E-state index is 0.164. The molecule has 0 aliphatic heterocycles. The number of carboxylic acid groups (broad SMARTS) is 2. The number of carbonyl (C=O) groups is 4. The number of aliphatic carboxylic acids is 2. The molecule has 0 aromatic rings. The Balaban J connectivity index is 4.56. The van der Waals surface area contributed by atoms with Crippen LogP contribution in [0.5, 0.6) is 0 Å². The number of amides is 1. The van der Waals surface area contributed by atoms with E-state index in [2.05, 4.69) is 19.2 Å². The first-order chi connectivity index (χ1) is 17.3. The van der Waals surface area contributed by atoms with Crippen molar-refractivity contribution in [3.05, 3.63) is 0 Å². The zero-order valence-electron chi connectivity index (χ0n) is 22.7. The van der Waals surface area contributed by atoms with Crippen LogP contribution in [-0.2, 0) is 23.9 Å². The molecular formula is C28H51NO7. The Morgan fingerprint density at radius 2 is 1.14 bits per heavy atom. The van der Waals surface area contributed by atoms with Gasteiger partial charge in [-0.15, -0.1) is 0 Å². The van der Waals surface area contributed by atoms with E-state index in [1.807, 2.05) is 0 Å². The van der Waals surface area contributed by atoms with Crippen molar-refractivity contribution in [1.29, 1.82) is 0 Å². The predicted molar refractivity (Wildman–Crippen MR) is 141 cm³/mol. The van der Waals surface area contributed by atoms with Gasteiger partial charge in [0.05, 0.1) is 12.8 Å². The van der Waals surface area contributed by atoms with Crippen molar-refractivity contribution in [2.24, 2.45) is 0 Å². The van der Waals surface area contributed by atoms with Crippen LogP contribution in [0.15, 0.2) is 0 Å². The minimum Gasteiger partial charge on any atom is -0.481 e. The molecule has 2 atom stereocenters.